The monoisotopic (exact) mass is 375 g/mol. The van der Waals surface area contributed by atoms with Crippen molar-refractivity contribution in [3.63, 3.8) is 0 Å². The summed E-state index contributed by atoms with van der Waals surface area (Å²) in [5.41, 5.74) is 6.00. The van der Waals surface area contributed by atoms with E-state index in [0.29, 0.717) is 0 Å². The second-order valence-electron chi connectivity index (χ2n) is 7.84. The smallest absolute Gasteiger partial charge is 0.256 e. The number of hydrogen-bond donors (Lipinski definition) is 1. The van der Waals surface area contributed by atoms with Gasteiger partial charge in [0.05, 0.1) is 28.0 Å². The number of aromatic amines is 1. The van der Waals surface area contributed by atoms with Crippen molar-refractivity contribution in [1.29, 1.82) is 0 Å². The molecule has 0 radical (unpaired) electrons. The number of fused-ring (bicyclic) bond motifs is 6. The highest BCUT2D eigenvalue weighted by Crippen LogP contribution is 2.42. The zero-order valence-electron chi connectivity index (χ0n) is 15.1. The van der Waals surface area contributed by atoms with Gasteiger partial charge in [-0.3, -0.25) is 9.20 Å². The van der Waals surface area contributed by atoms with E-state index in [4.69, 9.17) is 4.42 Å². The van der Waals surface area contributed by atoms with E-state index in [9.17, 15) is 4.79 Å². The van der Waals surface area contributed by atoms with Crippen LogP contribution in [0.5, 0.6) is 0 Å². The van der Waals surface area contributed by atoms with Crippen molar-refractivity contribution in [2.75, 3.05) is 0 Å². The number of hydrogen-bond acceptors (Lipinski definition) is 2. The molecule has 0 bridgehead atoms. The normalized spacial score (nSPS) is 17.8. The van der Waals surface area contributed by atoms with Gasteiger partial charge in [0, 0.05) is 39.8 Å². The maximum atomic E-state index is 13.0. The van der Waals surface area contributed by atoms with Gasteiger partial charge in [-0.2, -0.15) is 0 Å². The van der Waals surface area contributed by atoms with E-state index < -0.39 is 0 Å². The third-order valence-corrected chi connectivity index (χ3v) is 6.54. The molecule has 1 aliphatic carbocycles. The summed E-state index contributed by atoms with van der Waals surface area (Å²) < 4.78 is 10.7. The Bertz CT molecular complexity index is 1880. The minimum Gasteiger partial charge on any atom is -0.438 e. The summed E-state index contributed by atoms with van der Waals surface area (Å²) in [6.07, 6.45) is 12.5. The highest BCUT2D eigenvalue weighted by atomic mass is 16.3. The summed E-state index contributed by atoms with van der Waals surface area (Å²) in [5.74, 6) is 0. The van der Waals surface area contributed by atoms with Gasteiger partial charge in [0.1, 0.15) is 0 Å². The molecule has 4 aromatic heterocycles. The van der Waals surface area contributed by atoms with Crippen LogP contribution < -0.4 is 10.8 Å². The fraction of sp³-hybridized carbons (Fsp3) is 0.0417. The Kier molecular flexibility index (Phi) is 2.11. The molecule has 5 heteroatoms. The molecule has 0 amide bonds. The first-order valence-electron chi connectivity index (χ1n) is 9.71. The predicted molar refractivity (Wildman–Crippen MR) is 114 cm³/mol. The third-order valence-electron chi connectivity index (χ3n) is 6.54. The molecule has 1 unspecified atom stereocenters. The van der Waals surface area contributed by atoms with Crippen LogP contribution in [0.4, 0.5) is 0 Å². The van der Waals surface area contributed by atoms with E-state index in [0.717, 1.165) is 54.6 Å². The molecular weight excluding hydrogens is 362 g/mol. The first-order chi connectivity index (χ1) is 14.3. The van der Waals surface area contributed by atoms with Crippen LogP contribution in [0.1, 0.15) is 6.04 Å². The molecule has 1 N–H and O–H groups in total. The van der Waals surface area contributed by atoms with Crippen molar-refractivity contribution in [2.24, 2.45) is 0 Å². The summed E-state index contributed by atoms with van der Waals surface area (Å²) in [4.78, 5) is 15.9. The lowest BCUT2D eigenvalue weighted by Crippen LogP contribution is -2.08. The van der Waals surface area contributed by atoms with Crippen LogP contribution in [0.15, 0.2) is 76.2 Å². The number of nitrogens with one attached hydrogen (secondary N) is 1. The van der Waals surface area contributed by atoms with Gasteiger partial charge in [-0.05, 0) is 17.7 Å². The second-order valence-corrected chi connectivity index (χ2v) is 7.84. The average molecular weight is 375 g/mol. The fourth-order valence-electron chi connectivity index (χ4n) is 5.52. The summed E-state index contributed by atoms with van der Waals surface area (Å²) in [7, 11) is 0. The number of oxazole rings is 1. The molecule has 0 saturated carbocycles. The van der Waals surface area contributed by atoms with E-state index in [1.165, 1.54) is 5.57 Å². The molecule has 0 spiro atoms. The maximum Gasteiger partial charge on any atom is 0.256 e. The summed E-state index contributed by atoms with van der Waals surface area (Å²) in [5, 5.41) is 4.95. The Morgan fingerprint density at radius 2 is 1.93 bits per heavy atom. The topological polar surface area (TPSA) is 55.3 Å². The van der Waals surface area contributed by atoms with Gasteiger partial charge >= 0.3 is 0 Å². The number of nitrogens with zero attached hydrogens (tertiary/aromatic N) is 2. The van der Waals surface area contributed by atoms with Gasteiger partial charge in [-0.1, -0.05) is 36.4 Å². The molecule has 6 aromatic rings. The lowest BCUT2D eigenvalue weighted by atomic mass is 9.98. The van der Waals surface area contributed by atoms with Crippen molar-refractivity contribution in [3.8, 4) is 0 Å². The number of allylic oxidation sites excluding steroid dienone is 4. The Hall–Kier alpha value is -3.99. The van der Waals surface area contributed by atoms with Crippen LogP contribution >= 0.6 is 0 Å². The number of rotatable bonds is 0. The Labute approximate surface area is 162 Å². The van der Waals surface area contributed by atoms with Gasteiger partial charge in [0.15, 0.2) is 5.58 Å². The molecule has 0 fully saturated rings. The van der Waals surface area contributed by atoms with E-state index >= 15 is 0 Å². The van der Waals surface area contributed by atoms with Gasteiger partial charge in [-0.15, -0.1) is 0 Å². The predicted octanol–water partition coefficient (Wildman–Crippen LogP) is 4.19. The molecule has 5 heterocycles. The SMILES string of the molecule is O=c1[nH]cc2c3c4c5c(c6cccc7oc(cccn4C4C=CC=CC=34)n5c76)c12. The minimum atomic E-state index is -0.0391. The van der Waals surface area contributed by atoms with Crippen LogP contribution in [-0.4, -0.2) is 14.0 Å². The summed E-state index contributed by atoms with van der Waals surface area (Å²) >= 11 is 0. The molecule has 1 aliphatic heterocycles. The lowest BCUT2D eigenvalue weighted by molar-refractivity contribution is 0.655. The third kappa shape index (κ3) is 1.37. The lowest BCUT2D eigenvalue weighted by Gasteiger charge is -2.15. The molecule has 8 rings (SSSR count). The zero-order chi connectivity index (χ0) is 18.9. The Balaban J connectivity index is 1.92. The molecule has 5 nitrogen and oxygen atoms in total. The highest BCUT2D eigenvalue weighted by Gasteiger charge is 2.30. The largest absolute Gasteiger partial charge is 0.438 e. The fourth-order valence-corrected chi connectivity index (χ4v) is 5.52. The van der Waals surface area contributed by atoms with Crippen LogP contribution in [0.2, 0.25) is 0 Å². The molecule has 0 saturated heterocycles. The maximum absolute atomic E-state index is 13.0. The minimum absolute atomic E-state index is 0.0391. The van der Waals surface area contributed by atoms with E-state index in [-0.39, 0.29) is 11.6 Å². The first kappa shape index (κ1) is 14.1. The first-order valence-corrected chi connectivity index (χ1v) is 9.71. The average Bonchev–Trinajstić information content (AvgIpc) is 3.45. The standard InChI is InChI=1S/C24H13N3O2/c28-24-20-14(11-25-24)18-12-5-1-2-7-15(12)26-10-4-9-17-27-21-13(6-3-8-16(21)29-17)19(20)23(27)22(18)26/h1-11,15H,(H,25,28). The number of benzene rings is 2. The Morgan fingerprint density at radius 3 is 2.90 bits per heavy atom. The van der Waals surface area contributed by atoms with Crippen LogP contribution in [0.25, 0.3) is 55.0 Å². The van der Waals surface area contributed by atoms with Crippen LogP contribution in [0.3, 0.4) is 0 Å². The molecule has 2 aromatic carbocycles. The number of aromatic nitrogens is 3. The van der Waals surface area contributed by atoms with Crippen molar-refractivity contribution >= 4 is 55.0 Å². The van der Waals surface area contributed by atoms with E-state index in [2.05, 4.69) is 50.5 Å². The molecule has 29 heavy (non-hydrogen) atoms. The molecule has 136 valence electrons. The molecular formula is C24H13N3O2. The van der Waals surface area contributed by atoms with Gasteiger partial charge in [0.25, 0.3) is 5.56 Å². The van der Waals surface area contributed by atoms with E-state index in [1.807, 2.05) is 30.5 Å². The molecule has 1 atom stereocenters. The van der Waals surface area contributed by atoms with Crippen molar-refractivity contribution in [3.05, 3.63) is 82.6 Å². The highest BCUT2D eigenvalue weighted by molar-refractivity contribution is 6.28. The zero-order valence-corrected chi connectivity index (χ0v) is 15.1. The summed E-state index contributed by atoms with van der Waals surface area (Å²) in [6.45, 7) is 0. The number of para-hydroxylation sites is 1. The Morgan fingerprint density at radius 1 is 0.966 bits per heavy atom. The second kappa shape index (κ2) is 4.36. The molecule has 2 aliphatic rings. The van der Waals surface area contributed by atoms with Crippen LogP contribution in [-0.2, 0) is 0 Å². The van der Waals surface area contributed by atoms with E-state index in [1.54, 1.807) is 0 Å². The van der Waals surface area contributed by atoms with Crippen molar-refractivity contribution in [2.45, 2.75) is 6.04 Å². The van der Waals surface area contributed by atoms with Crippen molar-refractivity contribution < 1.29 is 4.42 Å². The number of H-pyrrole nitrogens is 1. The van der Waals surface area contributed by atoms with Gasteiger partial charge in [-0.25, -0.2) is 0 Å². The summed E-state index contributed by atoms with van der Waals surface area (Å²) in [6, 6.07) is 10.2. The quantitative estimate of drug-likeness (QED) is 0.433. The van der Waals surface area contributed by atoms with Gasteiger partial charge < -0.3 is 14.0 Å². The van der Waals surface area contributed by atoms with Gasteiger partial charge in [0.2, 0.25) is 5.71 Å². The van der Waals surface area contributed by atoms with Crippen LogP contribution in [0, 0.1) is 0 Å². The van der Waals surface area contributed by atoms with Crippen molar-refractivity contribution in [1.82, 2.24) is 14.0 Å².